The highest BCUT2D eigenvalue weighted by molar-refractivity contribution is 5.22. The second-order valence-corrected chi connectivity index (χ2v) is 4.62. The maximum absolute atomic E-state index is 3.51. The minimum Gasteiger partial charge on any atom is -0.314 e. The summed E-state index contributed by atoms with van der Waals surface area (Å²) in [6.45, 7) is 8.70. The number of nitrogens with one attached hydrogen (secondary N) is 2. The van der Waals surface area contributed by atoms with Gasteiger partial charge in [0, 0.05) is 39.4 Å². The van der Waals surface area contributed by atoms with Crippen LogP contribution in [-0.4, -0.2) is 37.7 Å². The lowest BCUT2D eigenvalue weighted by atomic mass is 10.1. The molecular formula is C14H23N3. The highest BCUT2D eigenvalue weighted by Gasteiger charge is 2.07. The van der Waals surface area contributed by atoms with E-state index in [-0.39, 0.29) is 0 Å². The minimum atomic E-state index is 0.966. The van der Waals surface area contributed by atoms with Gasteiger partial charge in [-0.1, -0.05) is 31.2 Å². The van der Waals surface area contributed by atoms with Crippen LogP contribution in [-0.2, 0) is 13.0 Å². The largest absolute Gasteiger partial charge is 0.314 e. The Morgan fingerprint density at radius 3 is 2.41 bits per heavy atom. The Balaban J connectivity index is 1.69. The fourth-order valence-electron chi connectivity index (χ4n) is 2.12. The highest BCUT2D eigenvalue weighted by atomic mass is 15.2. The number of nitrogens with zero attached hydrogens (tertiary/aromatic N) is 1. The summed E-state index contributed by atoms with van der Waals surface area (Å²) in [6, 6.07) is 8.90. The molecule has 2 rings (SSSR count). The molecule has 1 saturated heterocycles. The first-order valence-corrected chi connectivity index (χ1v) is 6.60. The molecule has 0 saturated carbocycles. The molecule has 0 radical (unpaired) electrons. The summed E-state index contributed by atoms with van der Waals surface area (Å²) in [7, 11) is 0. The van der Waals surface area contributed by atoms with Crippen molar-refractivity contribution < 1.29 is 0 Å². The first kappa shape index (κ1) is 12.6. The summed E-state index contributed by atoms with van der Waals surface area (Å²) in [6.07, 6.45) is 1.12. The van der Waals surface area contributed by atoms with Gasteiger partial charge in [-0.25, -0.2) is 0 Å². The molecule has 1 heterocycles. The maximum atomic E-state index is 3.51. The van der Waals surface area contributed by atoms with Gasteiger partial charge in [-0.3, -0.25) is 4.90 Å². The topological polar surface area (TPSA) is 27.3 Å². The van der Waals surface area contributed by atoms with Crippen molar-refractivity contribution in [2.75, 3.05) is 32.8 Å². The van der Waals surface area contributed by atoms with Crippen molar-refractivity contribution in [1.82, 2.24) is 15.5 Å². The SMILES string of the molecule is CCc1ccc(CNCN2CCNCC2)cc1. The molecule has 0 bridgehead atoms. The molecule has 94 valence electrons. The van der Waals surface area contributed by atoms with Crippen LogP contribution in [0.1, 0.15) is 18.1 Å². The number of aryl methyl sites for hydroxylation is 1. The van der Waals surface area contributed by atoms with Crippen LogP contribution in [0.4, 0.5) is 0 Å². The van der Waals surface area contributed by atoms with E-state index in [0.717, 1.165) is 45.8 Å². The van der Waals surface area contributed by atoms with Crippen molar-refractivity contribution in [3.8, 4) is 0 Å². The molecule has 0 spiro atoms. The molecule has 0 atom stereocenters. The number of hydrogen-bond donors (Lipinski definition) is 2. The van der Waals surface area contributed by atoms with Gasteiger partial charge in [0.25, 0.3) is 0 Å². The van der Waals surface area contributed by atoms with E-state index in [4.69, 9.17) is 0 Å². The second kappa shape index (κ2) is 6.74. The third-order valence-electron chi connectivity index (χ3n) is 3.31. The van der Waals surface area contributed by atoms with Gasteiger partial charge in [0.2, 0.25) is 0 Å². The van der Waals surface area contributed by atoms with Gasteiger partial charge in [-0.05, 0) is 17.5 Å². The lowest BCUT2D eigenvalue weighted by Crippen LogP contribution is -2.46. The van der Waals surface area contributed by atoms with Crippen molar-refractivity contribution in [2.24, 2.45) is 0 Å². The van der Waals surface area contributed by atoms with Crippen molar-refractivity contribution in [2.45, 2.75) is 19.9 Å². The molecule has 0 amide bonds. The monoisotopic (exact) mass is 233 g/mol. The Morgan fingerprint density at radius 1 is 1.12 bits per heavy atom. The van der Waals surface area contributed by atoms with Gasteiger partial charge in [0.15, 0.2) is 0 Å². The Hall–Kier alpha value is -0.900. The Labute approximate surface area is 104 Å². The Bertz CT molecular complexity index is 315. The van der Waals surface area contributed by atoms with E-state index >= 15 is 0 Å². The average molecular weight is 233 g/mol. The van der Waals surface area contributed by atoms with E-state index in [2.05, 4.69) is 46.7 Å². The highest BCUT2D eigenvalue weighted by Crippen LogP contribution is 2.04. The van der Waals surface area contributed by atoms with Gasteiger partial charge in [-0.15, -0.1) is 0 Å². The van der Waals surface area contributed by atoms with Crippen LogP contribution < -0.4 is 10.6 Å². The maximum Gasteiger partial charge on any atom is 0.0484 e. The van der Waals surface area contributed by atoms with Gasteiger partial charge >= 0.3 is 0 Å². The van der Waals surface area contributed by atoms with Gasteiger partial charge in [0.05, 0.1) is 0 Å². The molecule has 1 aromatic carbocycles. The zero-order valence-corrected chi connectivity index (χ0v) is 10.7. The molecule has 1 aromatic rings. The predicted molar refractivity (Wildman–Crippen MR) is 72.0 cm³/mol. The summed E-state index contributed by atoms with van der Waals surface area (Å²) in [4.78, 5) is 2.46. The molecule has 1 fully saturated rings. The minimum absolute atomic E-state index is 0.966. The van der Waals surface area contributed by atoms with E-state index < -0.39 is 0 Å². The van der Waals surface area contributed by atoms with Crippen LogP contribution in [0.2, 0.25) is 0 Å². The molecule has 3 heteroatoms. The van der Waals surface area contributed by atoms with E-state index in [0.29, 0.717) is 0 Å². The summed E-state index contributed by atoms with van der Waals surface area (Å²) < 4.78 is 0. The smallest absolute Gasteiger partial charge is 0.0484 e. The third-order valence-corrected chi connectivity index (χ3v) is 3.31. The fourth-order valence-corrected chi connectivity index (χ4v) is 2.12. The van der Waals surface area contributed by atoms with Crippen LogP contribution in [0.3, 0.4) is 0 Å². The normalized spacial score (nSPS) is 17.2. The summed E-state index contributed by atoms with van der Waals surface area (Å²) in [5, 5.41) is 6.87. The molecular weight excluding hydrogens is 210 g/mol. The molecule has 0 aromatic heterocycles. The molecule has 2 N–H and O–H groups in total. The van der Waals surface area contributed by atoms with Gasteiger partial charge in [0.1, 0.15) is 0 Å². The van der Waals surface area contributed by atoms with E-state index in [1.54, 1.807) is 0 Å². The molecule has 17 heavy (non-hydrogen) atoms. The standard InChI is InChI=1S/C14H23N3/c1-2-13-3-5-14(6-4-13)11-16-12-17-9-7-15-8-10-17/h3-6,15-16H,2,7-12H2,1H3. The number of piperazine rings is 1. The third kappa shape index (κ3) is 4.11. The molecule has 0 aliphatic carbocycles. The van der Waals surface area contributed by atoms with Gasteiger partial charge < -0.3 is 10.6 Å². The van der Waals surface area contributed by atoms with Crippen LogP contribution >= 0.6 is 0 Å². The zero-order valence-electron chi connectivity index (χ0n) is 10.7. The number of rotatable bonds is 5. The number of hydrogen-bond acceptors (Lipinski definition) is 3. The van der Waals surface area contributed by atoms with E-state index in [9.17, 15) is 0 Å². The van der Waals surface area contributed by atoms with Crippen molar-refractivity contribution in [1.29, 1.82) is 0 Å². The van der Waals surface area contributed by atoms with Crippen molar-refractivity contribution >= 4 is 0 Å². The molecule has 1 aliphatic rings. The lowest BCUT2D eigenvalue weighted by molar-refractivity contribution is 0.223. The first-order valence-electron chi connectivity index (χ1n) is 6.60. The Kier molecular flexibility index (Phi) is 4.98. The van der Waals surface area contributed by atoms with Crippen LogP contribution in [0.25, 0.3) is 0 Å². The lowest BCUT2D eigenvalue weighted by Gasteiger charge is -2.27. The molecule has 3 nitrogen and oxygen atoms in total. The van der Waals surface area contributed by atoms with Crippen LogP contribution in [0.15, 0.2) is 24.3 Å². The van der Waals surface area contributed by atoms with E-state index in [1.165, 1.54) is 11.1 Å². The van der Waals surface area contributed by atoms with Crippen molar-refractivity contribution in [3.05, 3.63) is 35.4 Å². The fraction of sp³-hybridized carbons (Fsp3) is 0.571. The van der Waals surface area contributed by atoms with E-state index in [1.807, 2.05) is 0 Å². The quantitative estimate of drug-likeness (QED) is 0.800. The first-order chi connectivity index (χ1) is 8.38. The van der Waals surface area contributed by atoms with Crippen molar-refractivity contribution in [3.63, 3.8) is 0 Å². The molecule has 0 unspecified atom stereocenters. The van der Waals surface area contributed by atoms with Crippen LogP contribution in [0, 0.1) is 0 Å². The average Bonchev–Trinajstić information content (AvgIpc) is 2.41. The molecule has 1 aliphatic heterocycles. The Morgan fingerprint density at radius 2 is 1.76 bits per heavy atom. The second-order valence-electron chi connectivity index (χ2n) is 4.62. The number of benzene rings is 1. The predicted octanol–water partition coefficient (Wildman–Crippen LogP) is 1.20. The summed E-state index contributed by atoms with van der Waals surface area (Å²) in [5.74, 6) is 0. The van der Waals surface area contributed by atoms with Gasteiger partial charge in [-0.2, -0.15) is 0 Å². The zero-order chi connectivity index (χ0) is 11.9. The van der Waals surface area contributed by atoms with Crippen LogP contribution in [0.5, 0.6) is 0 Å². The summed E-state index contributed by atoms with van der Waals surface area (Å²) in [5.41, 5.74) is 2.79. The summed E-state index contributed by atoms with van der Waals surface area (Å²) >= 11 is 0.